The van der Waals surface area contributed by atoms with E-state index in [1.165, 1.54) is 12.3 Å². The average Bonchev–Trinajstić information content (AvgIpc) is 3.11. The molecular formula is C19H16F3N5O2. The van der Waals surface area contributed by atoms with Gasteiger partial charge in [0.2, 0.25) is 5.91 Å². The molecule has 3 N–H and O–H groups in total. The van der Waals surface area contributed by atoms with Gasteiger partial charge < -0.3 is 15.7 Å². The maximum absolute atomic E-state index is 12.9. The van der Waals surface area contributed by atoms with Gasteiger partial charge in [0.1, 0.15) is 11.4 Å². The molecule has 2 aromatic heterocycles. The molecule has 1 amide bonds. The molecule has 1 atom stereocenters. The van der Waals surface area contributed by atoms with Crippen molar-refractivity contribution in [1.82, 2.24) is 20.5 Å². The van der Waals surface area contributed by atoms with Gasteiger partial charge in [0.25, 0.3) is 0 Å². The molecule has 29 heavy (non-hydrogen) atoms. The molecule has 1 fully saturated rings. The Bertz CT molecular complexity index is 1090. The summed E-state index contributed by atoms with van der Waals surface area (Å²) in [4.78, 5) is 15.4. The van der Waals surface area contributed by atoms with Crippen LogP contribution in [-0.2, 0) is 11.0 Å². The molecule has 0 aliphatic carbocycles. The van der Waals surface area contributed by atoms with E-state index >= 15 is 0 Å². The fourth-order valence-corrected chi connectivity index (χ4v) is 3.29. The molecule has 7 nitrogen and oxygen atoms in total. The summed E-state index contributed by atoms with van der Waals surface area (Å²) in [5, 5.41) is 25.6. The highest BCUT2D eigenvalue weighted by molar-refractivity contribution is 6.00. The number of fused-ring (bicyclic) bond motifs is 1. The second kappa shape index (κ2) is 7.19. The summed E-state index contributed by atoms with van der Waals surface area (Å²) < 4.78 is 38.6. The Labute approximate surface area is 163 Å². The van der Waals surface area contributed by atoms with E-state index in [2.05, 4.69) is 25.8 Å². The number of hydrogen-bond acceptors (Lipinski definition) is 6. The molecule has 0 bridgehead atoms. The Morgan fingerprint density at radius 2 is 2.03 bits per heavy atom. The highest BCUT2D eigenvalue weighted by Crippen LogP contribution is 2.38. The molecule has 1 aliphatic heterocycles. The number of anilines is 1. The number of halogens is 3. The van der Waals surface area contributed by atoms with E-state index in [0.29, 0.717) is 42.0 Å². The van der Waals surface area contributed by atoms with Crippen LogP contribution in [0.5, 0.6) is 5.75 Å². The van der Waals surface area contributed by atoms with E-state index in [9.17, 15) is 23.1 Å². The summed E-state index contributed by atoms with van der Waals surface area (Å²) in [6, 6.07) is 4.36. The van der Waals surface area contributed by atoms with E-state index in [1.54, 1.807) is 12.3 Å². The Hall–Kier alpha value is -3.43. The molecule has 0 radical (unpaired) electrons. The van der Waals surface area contributed by atoms with Crippen LogP contribution in [0, 0.1) is 0 Å². The number of pyridine rings is 1. The van der Waals surface area contributed by atoms with Crippen LogP contribution >= 0.6 is 0 Å². The number of phenols is 1. The lowest BCUT2D eigenvalue weighted by molar-refractivity contribution is -0.137. The molecule has 150 valence electrons. The van der Waals surface area contributed by atoms with Gasteiger partial charge in [-0.15, -0.1) is 10.2 Å². The van der Waals surface area contributed by atoms with Crippen LogP contribution in [0.15, 0.2) is 36.7 Å². The minimum absolute atomic E-state index is 0.00235. The summed E-state index contributed by atoms with van der Waals surface area (Å²) in [7, 11) is 0. The summed E-state index contributed by atoms with van der Waals surface area (Å²) in [6.45, 7) is 0.454. The van der Waals surface area contributed by atoms with Crippen LogP contribution in [0.2, 0.25) is 0 Å². The molecule has 0 unspecified atom stereocenters. The van der Waals surface area contributed by atoms with Crippen molar-refractivity contribution in [1.29, 1.82) is 0 Å². The van der Waals surface area contributed by atoms with Crippen molar-refractivity contribution in [2.75, 3.05) is 11.9 Å². The summed E-state index contributed by atoms with van der Waals surface area (Å²) in [6.07, 6.45) is -0.281. The lowest BCUT2D eigenvalue weighted by Gasteiger charge is -2.15. The van der Waals surface area contributed by atoms with Gasteiger partial charge in [-0.1, -0.05) is 0 Å². The van der Waals surface area contributed by atoms with E-state index < -0.39 is 17.5 Å². The predicted octanol–water partition coefficient (Wildman–Crippen LogP) is 3.11. The molecule has 1 aromatic carbocycles. The van der Waals surface area contributed by atoms with Crippen molar-refractivity contribution in [3.8, 4) is 17.0 Å². The maximum Gasteiger partial charge on any atom is 0.416 e. The monoisotopic (exact) mass is 403 g/mol. The van der Waals surface area contributed by atoms with Gasteiger partial charge >= 0.3 is 6.18 Å². The van der Waals surface area contributed by atoms with E-state index in [1.807, 2.05) is 0 Å². The number of phenolic OH excluding ortho intramolecular Hbond substituents is 1. The fraction of sp³-hybridized carbons (Fsp3) is 0.263. The van der Waals surface area contributed by atoms with Crippen LogP contribution < -0.4 is 10.6 Å². The number of nitrogens with zero attached hydrogens (tertiary/aromatic N) is 3. The van der Waals surface area contributed by atoms with Gasteiger partial charge in [-0.2, -0.15) is 13.2 Å². The third kappa shape index (κ3) is 3.78. The number of benzene rings is 1. The first-order chi connectivity index (χ1) is 13.8. The predicted molar refractivity (Wildman–Crippen MR) is 99.1 cm³/mol. The molecule has 0 spiro atoms. The number of aromatic nitrogens is 3. The van der Waals surface area contributed by atoms with Crippen molar-refractivity contribution < 1.29 is 23.1 Å². The number of alkyl halides is 3. The van der Waals surface area contributed by atoms with Crippen molar-refractivity contribution in [3.05, 3.63) is 42.2 Å². The molecule has 0 saturated carbocycles. The summed E-state index contributed by atoms with van der Waals surface area (Å²) in [5.74, 6) is -0.103. The zero-order valence-corrected chi connectivity index (χ0v) is 15.0. The minimum Gasteiger partial charge on any atom is -0.507 e. The molecule has 3 heterocycles. The minimum atomic E-state index is -4.56. The van der Waals surface area contributed by atoms with Gasteiger partial charge in [-0.05, 0) is 30.7 Å². The first-order valence-electron chi connectivity index (χ1n) is 8.87. The van der Waals surface area contributed by atoms with E-state index in [4.69, 9.17) is 0 Å². The number of nitrogens with one attached hydrogen (secondary N) is 2. The van der Waals surface area contributed by atoms with Gasteiger partial charge in [0.05, 0.1) is 5.56 Å². The quantitative estimate of drug-likeness (QED) is 0.619. The molecule has 4 rings (SSSR count). The highest BCUT2D eigenvalue weighted by atomic mass is 19.4. The number of aromatic hydroxyl groups is 1. The van der Waals surface area contributed by atoms with Gasteiger partial charge in [-0.3, -0.25) is 9.78 Å². The number of carbonyl (C=O) groups excluding carboxylic acids is 1. The van der Waals surface area contributed by atoms with Crippen LogP contribution in [-0.4, -0.2) is 38.8 Å². The molecule has 3 aromatic rings. The first kappa shape index (κ1) is 18.9. The Morgan fingerprint density at radius 1 is 1.21 bits per heavy atom. The lowest BCUT2D eigenvalue weighted by Crippen LogP contribution is -2.32. The normalized spacial score (nSPS) is 16.8. The van der Waals surface area contributed by atoms with Crippen LogP contribution in [0.3, 0.4) is 0 Å². The molecule has 1 aliphatic rings. The third-order valence-corrected chi connectivity index (χ3v) is 4.76. The first-order valence-corrected chi connectivity index (χ1v) is 8.87. The van der Waals surface area contributed by atoms with E-state index in [0.717, 1.165) is 6.07 Å². The number of carbonyl (C=O) groups is 1. The molecule has 1 saturated heterocycles. The molecule has 10 heteroatoms. The second-order valence-electron chi connectivity index (χ2n) is 6.73. The molecular weight excluding hydrogens is 387 g/mol. The summed E-state index contributed by atoms with van der Waals surface area (Å²) in [5.41, 5.74) is -0.570. The van der Waals surface area contributed by atoms with Crippen LogP contribution in [0.1, 0.15) is 18.4 Å². The number of amides is 1. The highest BCUT2D eigenvalue weighted by Gasteiger charge is 2.31. The standard InChI is InChI=1S/C19H16F3N5O2/c20-19(21,22)10-1-3-13(15(28)7-10)17-12-5-6-23-9-14(12)18(27-26-17)24-8-11-2-4-16(29)25-11/h1,3,5-7,9,11,28H,2,4,8H2,(H,24,27)(H,25,29)/t11-/m1/s1. The number of rotatable bonds is 4. The van der Waals surface area contributed by atoms with Gasteiger partial charge in [0, 0.05) is 47.7 Å². The van der Waals surface area contributed by atoms with Crippen molar-refractivity contribution >= 4 is 22.5 Å². The van der Waals surface area contributed by atoms with Crippen molar-refractivity contribution in [2.24, 2.45) is 0 Å². The van der Waals surface area contributed by atoms with Crippen molar-refractivity contribution in [2.45, 2.75) is 25.1 Å². The third-order valence-electron chi connectivity index (χ3n) is 4.76. The van der Waals surface area contributed by atoms with Crippen molar-refractivity contribution in [3.63, 3.8) is 0 Å². The smallest absolute Gasteiger partial charge is 0.416 e. The summed E-state index contributed by atoms with van der Waals surface area (Å²) >= 11 is 0. The number of hydrogen-bond donors (Lipinski definition) is 3. The SMILES string of the molecule is O=C1CC[C@H](CNc2nnc(-c3ccc(C(F)(F)F)cc3O)c3ccncc23)N1. The topological polar surface area (TPSA) is 100 Å². The lowest BCUT2D eigenvalue weighted by atomic mass is 10.0. The Morgan fingerprint density at radius 3 is 2.72 bits per heavy atom. The largest absolute Gasteiger partial charge is 0.507 e. The van der Waals surface area contributed by atoms with Gasteiger partial charge in [-0.25, -0.2) is 0 Å². The van der Waals surface area contributed by atoms with Gasteiger partial charge in [0.15, 0.2) is 5.82 Å². The fourth-order valence-electron chi connectivity index (χ4n) is 3.29. The van der Waals surface area contributed by atoms with Crippen LogP contribution in [0.25, 0.3) is 22.0 Å². The zero-order valence-electron chi connectivity index (χ0n) is 15.0. The maximum atomic E-state index is 12.9. The second-order valence-corrected chi connectivity index (χ2v) is 6.73. The Kier molecular flexibility index (Phi) is 4.69. The van der Waals surface area contributed by atoms with Crippen LogP contribution in [0.4, 0.5) is 19.0 Å². The van der Waals surface area contributed by atoms with E-state index in [-0.39, 0.29) is 23.2 Å². The average molecular weight is 403 g/mol. The zero-order chi connectivity index (χ0) is 20.6. The Balaban J connectivity index is 1.69.